The smallest absolute Gasteiger partial charge is 0.139 e. The predicted molar refractivity (Wildman–Crippen MR) is 84.2 cm³/mol. The summed E-state index contributed by atoms with van der Waals surface area (Å²) in [6.07, 6.45) is 7.81. The molecule has 0 heterocycles. The van der Waals surface area contributed by atoms with Gasteiger partial charge >= 0.3 is 0 Å². The van der Waals surface area contributed by atoms with E-state index in [9.17, 15) is 15.0 Å². The molecule has 5 aliphatic rings. The third-order valence-electron chi connectivity index (χ3n) is 8.56. The van der Waals surface area contributed by atoms with Gasteiger partial charge in [0.2, 0.25) is 0 Å². The lowest BCUT2D eigenvalue weighted by molar-refractivity contribution is -0.237. The normalized spacial score (nSPS) is 57.4. The van der Waals surface area contributed by atoms with Gasteiger partial charge in [0, 0.05) is 18.4 Å². The van der Waals surface area contributed by atoms with Crippen LogP contribution in [0, 0.1) is 34.5 Å². The Balaban J connectivity index is 1.67. The number of aliphatic hydroxyl groups excluding tert-OH is 1. The molecule has 5 fully saturated rings. The maximum atomic E-state index is 12.4. The predicted octanol–water partition coefficient (Wildman–Crippen LogP) is 2.93. The Morgan fingerprint density at radius 3 is 2.45 bits per heavy atom. The first-order chi connectivity index (χ1) is 10.3. The van der Waals surface area contributed by atoms with Crippen molar-refractivity contribution in [3.63, 3.8) is 0 Å². The molecule has 0 radical (unpaired) electrons. The minimum absolute atomic E-state index is 0.0673. The van der Waals surface area contributed by atoms with Crippen molar-refractivity contribution in [2.75, 3.05) is 6.61 Å². The van der Waals surface area contributed by atoms with Gasteiger partial charge in [-0.2, -0.15) is 0 Å². The van der Waals surface area contributed by atoms with Crippen LogP contribution in [-0.2, 0) is 4.79 Å². The third-order valence-corrected chi connectivity index (χ3v) is 8.56. The molecule has 0 saturated heterocycles. The van der Waals surface area contributed by atoms with Gasteiger partial charge in [-0.05, 0) is 74.0 Å². The molecule has 124 valence electrons. The minimum atomic E-state index is -0.510. The molecule has 0 amide bonds. The van der Waals surface area contributed by atoms with E-state index >= 15 is 0 Å². The van der Waals surface area contributed by atoms with E-state index < -0.39 is 5.60 Å². The topological polar surface area (TPSA) is 57.5 Å². The molecule has 5 aliphatic carbocycles. The zero-order chi connectivity index (χ0) is 15.8. The second-order valence-electron chi connectivity index (χ2n) is 9.24. The molecular formula is C19H30O3. The van der Waals surface area contributed by atoms with E-state index in [1.54, 1.807) is 0 Å². The SMILES string of the molecule is C[C@@]12CC[C@@H]([C@]3(C)CCC4CC3(O)C4)[C@H](CO)[C@@H]1CCC2=O. The fourth-order valence-corrected chi connectivity index (χ4v) is 6.94. The van der Waals surface area contributed by atoms with Gasteiger partial charge in [0.25, 0.3) is 0 Å². The molecule has 3 heteroatoms. The summed E-state index contributed by atoms with van der Waals surface area (Å²) in [5.41, 5.74) is -0.786. The van der Waals surface area contributed by atoms with E-state index in [1.807, 2.05) is 0 Å². The highest BCUT2D eigenvalue weighted by Crippen LogP contribution is 2.67. The van der Waals surface area contributed by atoms with Gasteiger partial charge in [0.1, 0.15) is 5.78 Å². The van der Waals surface area contributed by atoms with E-state index in [0.29, 0.717) is 24.0 Å². The fraction of sp³-hybridized carbons (Fsp3) is 0.947. The zero-order valence-corrected chi connectivity index (χ0v) is 14.0. The van der Waals surface area contributed by atoms with Gasteiger partial charge in [-0.3, -0.25) is 4.79 Å². The summed E-state index contributed by atoms with van der Waals surface area (Å²) in [4.78, 5) is 12.4. The average molecular weight is 306 g/mol. The quantitative estimate of drug-likeness (QED) is 0.824. The summed E-state index contributed by atoms with van der Waals surface area (Å²) >= 11 is 0. The second kappa shape index (κ2) is 4.57. The van der Waals surface area contributed by atoms with Crippen molar-refractivity contribution in [3.8, 4) is 0 Å². The molecule has 5 atom stereocenters. The van der Waals surface area contributed by atoms with Crippen LogP contribution in [0.3, 0.4) is 0 Å². The largest absolute Gasteiger partial charge is 0.396 e. The Morgan fingerprint density at radius 1 is 1.09 bits per heavy atom. The molecule has 2 N–H and O–H groups in total. The van der Waals surface area contributed by atoms with E-state index in [0.717, 1.165) is 44.4 Å². The van der Waals surface area contributed by atoms with Crippen LogP contribution in [0.4, 0.5) is 0 Å². The van der Waals surface area contributed by atoms with Crippen LogP contribution in [0.2, 0.25) is 0 Å². The van der Waals surface area contributed by atoms with Crippen LogP contribution < -0.4 is 0 Å². The van der Waals surface area contributed by atoms with Gasteiger partial charge in [0.15, 0.2) is 0 Å². The number of carbonyl (C=O) groups excluding carboxylic acids is 1. The number of rotatable bonds is 2. The molecule has 0 unspecified atom stereocenters. The lowest BCUT2D eigenvalue weighted by Gasteiger charge is -2.65. The third kappa shape index (κ3) is 1.67. The highest BCUT2D eigenvalue weighted by Gasteiger charge is 2.65. The van der Waals surface area contributed by atoms with E-state index in [1.165, 1.54) is 6.42 Å². The van der Waals surface area contributed by atoms with Crippen molar-refractivity contribution in [1.29, 1.82) is 0 Å². The Labute approximate surface area is 133 Å². The number of hydrogen-bond donors (Lipinski definition) is 2. The summed E-state index contributed by atoms with van der Waals surface area (Å²) in [6.45, 7) is 4.58. The lowest BCUT2D eigenvalue weighted by Crippen LogP contribution is -2.65. The monoisotopic (exact) mass is 306 g/mol. The molecule has 0 aromatic carbocycles. The first-order valence-corrected chi connectivity index (χ1v) is 9.21. The average Bonchev–Trinajstić information content (AvgIpc) is 2.76. The molecule has 0 spiro atoms. The molecule has 5 rings (SSSR count). The maximum absolute atomic E-state index is 12.4. The molecular weight excluding hydrogens is 276 g/mol. The highest BCUT2D eigenvalue weighted by molar-refractivity contribution is 5.87. The number of ketones is 1. The van der Waals surface area contributed by atoms with Crippen molar-refractivity contribution < 1.29 is 15.0 Å². The minimum Gasteiger partial charge on any atom is -0.396 e. The Morgan fingerprint density at radius 2 is 1.82 bits per heavy atom. The van der Waals surface area contributed by atoms with Gasteiger partial charge in [0.05, 0.1) is 5.60 Å². The van der Waals surface area contributed by atoms with Crippen molar-refractivity contribution in [2.45, 2.75) is 70.8 Å². The number of carbonyl (C=O) groups is 1. The van der Waals surface area contributed by atoms with Crippen LogP contribution in [0.1, 0.15) is 65.2 Å². The van der Waals surface area contributed by atoms with E-state index in [4.69, 9.17) is 0 Å². The standard InChI is InChI=1S/C19H30O3/c1-17-7-6-15(13(11-20)14(17)3-4-16(17)21)18(2)8-5-12-9-19(18,22)10-12/h12-15,20,22H,3-11H2,1-2H3/t12?,13-,14+,15-,17-,18+,19?/m1/s1. The molecule has 0 aromatic heterocycles. The maximum Gasteiger partial charge on any atom is 0.139 e. The second-order valence-corrected chi connectivity index (χ2v) is 9.24. The lowest BCUT2D eigenvalue weighted by atomic mass is 9.42. The van der Waals surface area contributed by atoms with Crippen molar-refractivity contribution in [1.82, 2.24) is 0 Å². The van der Waals surface area contributed by atoms with Gasteiger partial charge in [-0.1, -0.05) is 13.8 Å². The summed E-state index contributed by atoms with van der Waals surface area (Å²) in [7, 11) is 0. The fourth-order valence-electron chi connectivity index (χ4n) is 6.94. The summed E-state index contributed by atoms with van der Waals surface area (Å²) in [6, 6.07) is 0. The highest BCUT2D eigenvalue weighted by atomic mass is 16.3. The molecule has 3 nitrogen and oxygen atoms in total. The first kappa shape index (κ1) is 15.1. The van der Waals surface area contributed by atoms with Crippen molar-refractivity contribution in [3.05, 3.63) is 0 Å². The number of hydrogen-bond acceptors (Lipinski definition) is 3. The molecule has 2 bridgehead atoms. The van der Waals surface area contributed by atoms with Crippen molar-refractivity contribution in [2.24, 2.45) is 34.5 Å². The number of fused-ring (bicyclic) bond motifs is 3. The van der Waals surface area contributed by atoms with Crippen LogP contribution in [0.25, 0.3) is 0 Å². The van der Waals surface area contributed by atoms with Crippen LogP contribution in [0.15, 0.2) is 0 Å². The number of aliphatic hydroxyl groups is 2. The zero-order valence-electron chi connectivity index (χ0n) is 14.0. The van der Waals surface area contributed by atoms with Gasteiger partial charge < -0.3 is 10.2 Å². The van der Waals surface area contributed by atoms with E-state index in [-0.39, 0.29) is 23.4 Å². The first-order valence-electron chi connectivity index (χ1n) is 9.21. The van der Waals surface area contributed by atoms with Gasteiger partial charge in [-0.15, -0.1) is 0 Å². The summed E-state index contributed by atoms with van der Waals surface area (Å²) in [5.74, 6) is 2.02. The van der Waals surface area contributed by atoms with Crippen LogP contribution in [0.5, 0.6) is 0 Å². The number of Topliss-reactive ketones (excluding diaryl/α,β-unsaturated/α-hetero) is 1. The van der Waals surface area contributed by atoms with Crippen LogP contribution in [-0.4, -0.2) is 28.2 Å². The molecule has 0 aliphatic heterocycles. The van der Waals surface area contributed by atoms with Gasteiger partial charge in [-0.25, -0.2) is 0 Å². The molecule has 5 saturated carbocycles. The molecule has 0 aromatic rings. The van der Waals surface area contributed by atoms with E-state index in [2.05, 4.69) is 13.8 Å². The van der Waals surface area contributed by atoms with Crippen LogP contribution >= 0.6 is 0 Å². The summed E-state index contributed by atoms with van der Waals surface area (Å²) in [5, 5.41) is 21.3. The Bertz CT molecular complexity index is 495. The Kier molecular flexibility index (Phi) is 3.14. The summed E-state index contributed by atoms with van der Waals surface area (Å²) < 4.78 is 0. The van der Waals surface area contributed by atoms with Crippen molar-refractivity contribution >= 4 is 5.78 Å². The molecule has 22 heavy (non-hydrogen) atoms. The Hall–Kier alpha value is -0.410.